The minimum Gasteiger partial charge on any atom is -0.323 e. The molecule has 2 N–H and O–H groups in total. The van der Waals surface area contributed by atoms with Crippen LogP contribution in [0.5, 0.6) is 0 Å². The van der Waals surface area contributed by atoms with E-state index in [1.54, 1.807) is 24.3 Å². The molecule has 1 aromatic carbocycles. The van der Waals surface area contributed by atoms with Gasteiger partial charge in [0.1, 0.15) is 11.1 Å². The minimum absolute atomic E-state index is 0.274. The van der Waals surface area contributed by atoms with Crippen LogP contribution in [0.2, 0.25) is 0 Å². The van der Waals surface area contributed by atoms with Gasteiger partial charge in [-0.3, -0.25) is 19.4 Å². The topological polar surface area (TPSA) is 105 Å². The maximum atomic E-state index is 13.9. The van der Waals surface area contributed by atoms with E-state index in [2.05, 4.69) is 89.9 Å². The monoisotopic (exact) mass is 552 g/mol. The zero-order valence-electron chi connectivity index (χ0n) is 25.6. The summed E-state index contributed by atoms with van der Waals surface area (Å²) >= 11 is 0. The highest BCUT2D eigenvalue weighted by molar-refractivity contribution is 6.25. The molecule has 6 amide bonds. The third-order valence-electron chi connectivity index (χ3n) is 10.3. The quantitative estimate of drug-likeness (QED) is 0.540. The number of rotatable bonds is 2. The average Bonchev–Trinajstić information content (AvgIpc) is 3.17. The van der Waals surface area contributed by atoms with Crippen LogP contribution in [0.4, 0.5) is 21.0 Å². The molecular weight excluding hydrogens is 508 g/mol. The number of imide groups is 2. The number of urea groups is 2. The number of piperidine rings is 2. The molecule has 0 aromatic heterocycles. The van der Waals surface area contributed by atoms with Crippen molar-refractivity contribution in [3.8, 4) is 0 Å². The minimum atomic E-state index is -1.000. The number of benzene rings is 1. The summed E-state index contributed by atoms with van der Waals surface area (Å²) in [5, 5.41) is 6.04. The van der Waals surface area contributed by atoms with Crippen LogP contribution in [0.1, 0.15) is 81.1 Å². The Morgan fingerprint density at radius 2 is 0.775 bits per heavy atom. The maximum absolute atomic E-state index is 13.9. The zero-order valence-corrected chi connectivity index (χ0v) is 25.6. The fourth-order valence-electron chi connectivity index (χ4n) is 8.13. The summed E-state index contributed by atoms with van der Waals surface area (Å²) in [5.74, 6) is -0.548. The second-order valence-electron chi connectivity index (χ2n) is 14.9. The highest BCUT2D eigenvalue weighted by Gasteiger charge is 2.62. The van der Waals surface area contributed by atoms with Crippen LogP contribution in [0, 0.1) is 0 Å². The predicted octanol–water partition coefficient (Wildman–Crippen LogP) is 3.84. The standard InChI is InChI=1S/C30H44N6O4/c1-25(2)15-29(16-26(3,4)33(25)9)21(37)35(23(39)31-29)19-11-13-20(14-12-19)36-22(38)30(32-24(36)40)17-27(5,6)34(10)28(7,8)18-30/h11-14H,15-18H2,1-10H3,(H,31,39)(H,32,40). The predicted molar refractivity (Wildman–Crippen MR) is 154 cm³/mol. The van der Waals surface area contributed by atoms with Crippen LogP contribution in [0.3, 0.4) is 0 Å². The summed E-state index contributed by atoms with van der Waals surface area (Å²) in [5.41, 5.74) is -2.41. The molecule has 4 fully saturated rings. The van der Waals surface area contributed by atoms with Gasteiger partial charge >= 0.3 is 12.1 Å². The van der Waals surface area contributed by atoms with E-state index < -0.39 is 23.1 Å². The average molecular weight is 553 g/mol. The lowest BCUT2D eigenvalue weighted by molar-refractivity contribution is -0.131. The number of likely N-dealkylation sites (tertiary alicyclic amines) is 2. The fourth-order valence-corrected chi connectivity index (χ4v) is 8.13. The lowest BCUT2D eigenvalue weighted by Crippen LogP contribution is -2.68. The van der Waals surface area contributed by atoms with E-state index in [1.165, 1.54) is 9.80 Å². The first-order chi connectivity index (χ1) is 18.2. The van der Waals surface area contributed by atoms with E-state index in [0.29, 0.717) is 37.1 Å². The largest absolute Gasteiger partial charge is 0.329 e. The lowest BCUT2D eigenvalue weighted by atomic mass is 9.69. The zero-order chi connectivity index (χ0) is 29.8. The van der Waals surface area contributed by atoms with Gasteiger partial charge < -0.3 is 10.6 Å². The van der Waals surface area contributed by atoms with Crippen LogP contribution in [-0.2, 0) is 9.59 Å². The van der Waals surface area contributed by atoms with E-state index in [1.807, 2.05) is 0 Å². The molecule has 0 radical (unpaired) electrons. The molecule has 10 nitrogen and oxygen atoms in total. The molecule has 4 aliphatic heterocycles. The smallest absolute Gasteiger partial charge is 0.323 e. The summed E-state index contributed by atoms with van der Waals surface area (Å²) in [7, 11) is 4.11. The van der Waals surface area contributed by atoms with Gasteiger partial charge in [-0.25, -0.2) is 19.4 Å². The number of nitrogens with zero attached hydrogens (tertiary/aromatic N) is 4. The molecule has 0 saturated carbocycles. The Hall–Kier alpha value is -2.98. The Morgan fingerprint density at radius 1 is 0.525 bits per heavy atom. The summed E-state index contributed by atoms with van der Waals surface area (Å²) in [6.45, 7) is 16.7. The Balaban J connectivity index is 1.41. The van der Waals surface area contributed by atoms with Crippen molar-refractivity contribution in [2.24, 2.45) is 0 Å². The molecule has 4 aliphatic rings. The van der Waals surface area contributed by atoms with Gasteiger partial charge in [-0.15, -0.1) is 0 Å². The third-order valence-corrected chi connectivity index (χ3v) is 10.3. The summed E-state index contributed by atoms with van der Waals surface area (Å²) in [6.07, 6.45) is 1.97. The molecule has 5 rings (SSSR count). The van der Waals surface area contributed by atoms with Crippen LogP contribution >= 0.6 is 0 Å². The molecule has 0 unspecified atom stereocenters. The number of amides is 6. The van der Waals surface area contributed by atoms with Gasteiger partial charge in [-0.05, 0) is 119 Å². The van der Waals surface area contributed by atoms with Crippen LogP contribution in [0.15, 0.2) is 24.3 Å². The molecule has 4 saturated heterocycles. The van der Waals surface area contributed by atoms with Crippen LogP contribution in [0.25, 0.3) is 0 Å². The molecule has 4 heterocycles. The highest BCUT2D eigenvalue weighted by atomic mass is 16.2. The van der Waals surface area contributed by atoms with E-state index in [4.69, 9.17) is 0 Å². The van der Waals surface area contributed by atoms with Crippen molar-refractivity contribution in [1.29, 1.82) is 0 Å². The van der Waals surface area contributed by atoms with Gasteiger partial charge in [0.2, 0.25) is 0 Å². The first-order valence-corrected chi connectivity index (χ1v) is 14.1. The molecule has 1 aromatic rings. The van der Waals surface area contributed by atoms with Crippen molar-refractivity contribution in [3.05, 3.63) is 24.3 Å². The van der Waals surface area contributed by atoms with Crippen LogP contribution in [-0.4, -0.2) is 81.0 Å². The summed E-state index contributed by atoms with van der Waals surface area (Å²) in [6, 6.07) is 5.60. The molecule has 10 heteroatoms. The second-order valence-corrected chi connectivity index (χ2v) is 14.9. The maximum Gasteiger partial charge on any atom is 0.329 e. The van der Waals surface area contributed by atoms with Crippen molar-refractivity contribution in [2.45, 2.75) is 114 Å². The Kier molecular flexibility index (Phi) is 5.91. The molecule has 0 bridgehead atoms. The second kappa shape index (κ2) is 8.28. The Bertz CT molecular complexity index is 1160. The van der Waals surface area contributed by atoms with Crippen molar-refractivity contribution >= 4 is 35.3 Å². The Morgan fingerprint density at radius 3 is 1.02 bits per heavy atom. The lowest BCUT2D eigenvalue weighted by Gasteiger charge is -2.56. The molecule has 218 valence electrons. The highest BCUT2D eigenvalue weighted by Crippen LogP contribution is 2.47. The molecular formula is C30H44N6O4. The molecule has 40 heavy (non-hydrogen) atoms. The first-order valence-electron chi connectivity index (χ1n) is 14.1. The van der Waals surface area contributed by atoms with Crippen LogP contribution < -0.4 is 20.4 Å². The Labute approximate surface area is 237 Å². The molecule has 2 spiro atoms. The van der Waals surface area contributed by atoms with Crippen molar-refractivity contribution < 1.29 is 19.2 Å². The van der Waals surface area contributed by atoms with Gasteiger partial charge in [-0.1, -0.05) is 0 Å². The van der Waals surface area contributed by atoms with E-state index in [-0.39, 0.29) is 34.0 Å². The van der Waals surface area contributed by atoms with E-state index in [9.17, 15) is 19.2 Å². The SMILES string of the molecule is CN1C(C)(C)CC2(CC1(C)C)NC(=O)N(c1ccc(N3C(=O)NC4(CC(C)(C)N(C)C(C)(C)C4)C3=O)cc1)C2=O. The van der Waals surface area contributed by atoms with Gasteiger partial charge in [0.25, 0.3) is 11.8 Å². The summed E-state index contributed by atoms with van der Waals surface area (Å²) < 4.78 is 0. The van der Waals surface area contributed by atoms with Gasteiger partial charge in [0.15, 0.2) is 0 Å². The molecule has 0 aliphatic carbocycles. The normalized spacial score (nSPS) is 28.4. The third kappa shape index (κ3) is 3.97. The number of carbonyl (C=O) groups is 4. The summed E-state index contributed by atoms with van der Waals surface area (Å²) in [4.78, 5) is 61.0. The number of nitrogens with one attached hydrogen (secondary N) is 2. The number of hydrogen-bond acceptors (Lipinski definition) is 6. The van der Waals surface area contributed by atoms with E-state index >= 15 is 0 Å². The van der Waals surface area contributed by atoms with E-state index in [0.717, 1.165) is 0 Å². The van der Waals surface area contributed by atoms with Crippen molar-refractivity contribution in [3.63, 3.8) is 0 Å². The number of carbonyl (C=O) groups excluding carboxylic acids is 4. The first kappa shape index (κ1) is 28.5. The number of anilines is 2. The van der Waals surface area contributed by atoms with Gasteiger partial charge in [0, 0.05) is 22.2 Å². The van der Waals surface area contributed by atoms with Crippen molar-refractivity contribution in [2.75, 3.05) is 23.9 Å². The fraction of sp³-hybridized carbons (Fsp3) is 0.667. The van der Waals surface area contributed by atoms with Crippen molar-refractivity contribution in [1.82, 2.24) is 20.4 Å². The van der Waals surface area contributed by atoms with Gasteiger partial charge in [0.05, 0.1) is 11.4 Å². The van der Waals surface area contributed by atoms with Gasteiger partial charge in [-0.2, -0.15) is 0 Å². The number of hydrogen-bond donors (Lipinski definition) is 2. The molecule has 0 atom stereocenters.